The first kappa shape index (κ1) is 23.3. The third-order valence-corrected chi connectivity index (χ3v) is 5.07. The number of aliphatic hydroxyl groups excluding tert-OH is 1. The van der Waals surface area contributed by atoms with Crippen LogP contribution in [0.1, 0.15) is 31.9 Å². The van der Waals surface area contributed by atoms with Crippen LogP contribution < -0.4 is 14.6 Å². The van der Waals surface area contributed by atoms with E-state index in [0.717, 1.165) is 5.56 Å². The summed E-state index contributed by atoms with van der Waals surface area (Å²) in [6, 6.07) is 19.2. The van der Waals surface area contributed by atoms with Crippen molar-refractivity contribution >= 4 is 34.3 Å². The van der Waals surface area contributed by atoms with Gasteiger partial charge in [0.2, 0.25) is 0 Å². The van der Waals surface area contributed by atoms with Crippen molar-refractivity contribution in [1.29, 1.82) is 0 Å². The smallest absolute Gasteiger partial charge is 0.387 e. The number of nitrogens with one attached hydrogen (secondary N) is 1. The van der Waals surface area contributed by atoms with Gasteiger partial charge in [0, 0.05) is 23.4 Å². The highest BCUT2D eigenvalue weighted by atomic mass is 32.1. The topological polar surface area (TPSA) is 45.4 Å². The van der Waals surface area contributed by atoms with Crippen molar-refractivity contribution in [2.45, 2.75) is 32.8 Å². The summed E-state index contributed by atoms with van der Waals surface area (Å²) in [5.41, 5.74) is 2.72. The molecule has 0 radical (unpaired) electrons. The molecule has 2 aromatic carbocycles. The van der Waals surface area contributed by atoms with E-state index in [4.69, 9.17) is 12.2 Å². The largest absolute Gasteiger partial charge is 0.502 e. The van der Waals surface area contributed by atoms with Crippen LogP contribution in [0.15, 0.2) is 79.1 Å². The molecule has 1 heterocycles. The lowest BCUT2D eigenvalue weighted by Gasteiger charge is -2.19. The van der Waals surface area contributed by atoms with Crippen LogP contribution in [0.5, 0.6) is 5.75 Å². The van der Waals surface area contributed by atoms with Crippen LogP contribution in [0.2, 0.25) is 0 Å². The first-order chi connectivity index (χ1) is 15.1. The first-order valence-corrected chi connectivity index (χ1v) is 10.4. The van der Waals surface area contributed by atoms with E-state index in [2.05, 4.69) is 30.8 Å². The zero-order chi connectivity index (χ0) is 23.3. The van der Waals surface area contributed by atoms with Crippen LogP contribution in [-0.4, -0.2) is 16.7 Å². The van der Waals surface area contributed by atoms with Crippen LogP contribution in [0.3, 0.4) is 0 Å². The fraction of sp³-hybridized carbons (Fsp3) is 0.200. The average Bonchev–Trinajstić information content (AvgIpc) is 2.75. The molecule has 0 bridgehead atoms. The van der Waals surface area contributed by atoms with Crippen LogP contribution in [0, 0.1) is 0 Å². The molecule has 0 spiro atoms. The van der Waals surface area contributed by atoms with E-state index in [1.807, 2.05) is 42.5 Å². The van der Waals surface area contributed by atoms with E-state index >= 15 is 0 Å². The van der Waals surface area contributed by atoms with Crippen molar-refractivity contribution in [2.24, 2.45) is 0 Å². The summed E-state index contributed by atoms with van der Waals surface area (Å²) >= 11 is 5.60. The van der Waals surface area contributed by atoms with Gasteiger partial charge in [0.05, 0.1) is 0 Å². The molecular formula is C25H25F2N2O2S+. The molecule has 3 rings (SSSR count). The van der Waals surface area contributed by atoms with Gasteiger partial charge in [0.25, 0.3) is 5.70 Å². The third kappa shape index (κ3) is 5.88. The molecule has 0 aliphatic heterocycles. The number of benzene rings is 2. The monoisotopic (exact) mass is 455 g/mol. The highest BCUT2D eigenvalue weighted by molar-refractivity contribution is 7.81. The minimum atomic E-state index is -2.89. The molecule has 7 heteroatoms. The Morgan fingerprint density at radius 2 is 1.56 bits per heavy atom. The van der Waals surface area contributed by atoms with E-state index < -0.39 is 6.61 Å². The highest BCUT2D eigenvalue weighted by Crippen LogP contribution is 2.26. The standard InChI is InChI=1S/C25H24F2N2O2S/c1-25(2,3)18-9-7-17(8-10-18)22(30)21(29-15-5-4-6-16-29)23(32)28-19-11-13-20(14-12-19)31-24(26)27/h4-16,24H,1-3H3,(H-,28,30,32)/p+1. The van der Waals surface area contributed by atoms with E-state index in [1.54, 1.807) is 29.1 Å². The molecular weight excluding hydrogens is 430 g/mol. The first-order valence-electron chi connectivity index (χ1n) is 10.0. The normalized spacial score (nSPS) is 12.3. The second-order valence-electron chi connectivity index (χ2n) is 8.16. The van der Waals surface area contributed by atoms with Crippen LogP contribution in [-0.2, 0) is 5.41 Å². The zero-order valence-corrected chi connectivity index (χ0v) is 18.9. The van der Waals surface area contributed by atoms with Crippen LogP contribution in [0.25, 0.3) is 11.5 Å². The van der Waals surface area contributed by atoms with E-state index in [9.17, 15) is 13.9 Å². The molecule has 0 saturated heterocycles. The Morgan fingerprint density at radius 3 is 2.09 bits per heavy atom. The Bertz CT molecular complexity index is 1090. The lowest BCUT2D eigenvalue weighted by Crippen LogP contribution is -2.38. The van der Waals surface area contributed by atoms with Gasteiger partial charge in [0.1, 0.15) is 5.75 Å². The molecule has 0 amide bonds. The van der Waals surface area contributed by atoms with Crippen molar-refractivity contribution in [3.63, 3.8) is 0 Å². The number of thiocarbonyl (C=S) groups is 1. The summed E-state index contributed by atoms with van der Waals surface area (Å²) in [4.78, 5) is 0.265. The molecule has 0 saturated carbocycles. The second-order valence-corrected chi connectivity index (χ2v) is 8.57. The highest BCUT2D eigenvalue weighted by Gasteiger charge is 2.24. The van der Waals surface area contributed by atoms with Crippen molar-refractivity contribution < 1.29 is 23.2 Å². The van der Waals surface area contributed by atoms with Gasteiger partial charge in [-0.25, -0.2) is 0 Å². The number of ether oxygens (including phenoxy) is 1. The summed E-state index contributed by atoms with van der Waals surface area (Å²) in [6.07, 6.45) is 3.56. The molecule has 4 nitrogen and oxygen atoms in total. The summed E-state index contributed by atoms with van der Waals surface area (Å²) in [5.74, 6) is 0.0586. The third-order valence-electron chi connectivity index (χ3n) is 4.77. The number of nitrogens with zero attached hydrogens (tertiary/aromatic N) is 1. The summed E-state index contributed by atoms with van der Waals surface area (Å²) < 4.78 is 30.8. The molecule has 0 aliphatic rings. The fourth-order valence-electron chi connectivity index (χ4n) is 3.07. The Labute approximate surface area is 191 Å². The van der Waals surface area contributed by atoms with E-state index in [-0.39, 0.29) is 21.9 Å². The number of aliphatic hydroxyl groups is 1. The molecule has 166 valence electrons. The molecule has 1 aromatic heterocycles. The summed E-state index contributed by atoms with van der Waals surface area (Å²) in [7, 11) is 0. The Kier molecular flexibility index (Phi) is 7.20. The lowest BCUT2D eigenvalue weighted by atomic mass is 9.86. The molecule has 3 aromatic rings. The molecule has 32 heavy (non-hydrogen) atoms. The maximum atomic E-state index is 12.4. The van der Waals surface area contributed by atoms with Crippen LogP contribution >= 0.6 is 12.2 Å². The molecule has 0 atom stereocenters. The van der Waals surface area contributed by atoms with Gasteiger partial charge < -0.3 is 15.2 Å². The second kappa shape index (κ2) is 9.87. The summed E-state index contributed by atoms with van der Waals surface area (Å²) in [6.45, 7) is 3.49. The maximum Gasteiger partial charge on any atom is 0.387 e. The van der Waals surface area contributed by atoms with Crippen LogP contribution in [0.4, 0.5) is 14.5 Å². The van der Waals surface area contributed by atoms with Gasteiger partial charge in [-0.05, 0) is 35.2 Å². The van der Waals surface area contributed by atoms with Crippen molar-refractivity contribution in [3.05, 3.63) is 90.3 Å². The molecule has 0 fully saturated rings. The van der Waals surface area contributed by atoms with Crippen molar-refractivity contribution in [3.8, 4) is 5.75 Å². The fourth-order valence-corrected chi connectivity index (χ4v) is 3.39. The van der Waals surface area contributed by atoms with Gasteiger partial charge in [-0.2, -0.15) is 13.3 Å². The number of alkyl halides is 2. The number of pyridine rings is 1. The molecule has 0 aliphatic carbocycles. The number of halogens is 2. The Balaban J connectivity index is 1.95. The number of hydrogen-bond acceptors (Lipinski definition) is 3. The SMILES string of the molecule is CC(C)(C)c1ccc(C(O)=C(C(=S)Nc2ccc(OC(F)F)cc2)[n+]2ccccc2)cc1. The number of aromatic nitrogens is 1. The van der Waals surface area contributed by atoms with Gasteiger partial charge in [-0.3, -0.25) is 0 Å². The molecule has 2 N–H and O–H groups in total. The minimum Gasteiger partial charge on any atom is -0.502 e. The number of rotatable bonds is 6. The predicted molar refractivity (Wildman–Crippen MR) is 127 cm³/mol. The van der Waals surface area contributed by atoms with Crippen molar-refractivity contribution in [2.75, 3.05) is 5.32 Å². The zero-order valence-electron chi connectivity index (χ0n) is 18.0. The molecule has 0 unspecified atom stereocenters. The lowest BCUT2D eigenvalue weighted by molar-refractivity contribution is -0.575. The number of hydrogen-bond donors (Lipinski definition) is 2. The summed E-state index contributed by atoms with van der Waals surface area (Å²) in [5, 5.41) is 14.2. The predicted octanol–water partition coefficient (Wildman–Crippen LogP) is 6.20. The average molecular weight is 456 g/mol. The minimum absolute atomic E-state index is 0.00801. The Morgan fingerprint density at radius 1 is 0.969 bits per heavy atom. The van der Waals surface area contributed by atoms with Gasteiger partial charge in [0.15, 0.2) is 23.1 Å². The van der Waals surface area contributed by atoms with E-state index in [0.29, 0.717) is 16.9 Å². The Hall–Kier alpha value is -3.32. The van der Waals surface area contributed by atoms with Gasteiger partial charge >= 0.3 is 6.61 Å². The van der Waals surface area contributed by atoms with Crippen molar-refractivity contribution in [1.82, 2.24) is 0 Å². The maximum absolute atomic E-state index is 12.4. The number of anilines is 1. The quantitative estimate of drug-likeness (QED) is 0.201. The van der Waals surface area contributed by atoms with Gasteiger partial charge in [-0.1, -0.05) is 63.3 Å². The van der Waals surface area contributed by atoms with Gasteiger partial charge in [-0.15, -0.1) is 0 Å². The van der Waals surface area contributed by atoms with E-state index in [1.165, 1.54) is 12.1 Å².